The molecule has 3 rings (SSSR count). The number of carboxylic acid groups (broad SMARTS) is 1. The second-order valence-electron chi connectivity index (χ2n) is 6.57. The van der Waals surface area contributed by atoms with E-state index in [-0.39, 0.29) is 17.7 Å². The number of hydrogen-bond donors (Lipinski definition) is 2. The lowest BCUT2D eigenvalue weighted by molar-refractivity contribution is -0.147. The second-order valence-corrected chi connectivity index (χ2v) is 6.57. The van der Waals surface area contributed by atoms with E-state index in [1.54, 1.807) is 14.2 Å². The number of nitrogens with one attached hydrogen (secondary N) is 1. The van der Waals surface area contributed by atoms with Crippen LogP contribution in [0.1, 0.15) is 12.0 Å². The molecule has 25 heavy (non-hydrogen) atoms. The standard InChI is InChI=1S/C19H23NO5/c1-24-14-6-3-11(9-15(14)25-2)7-8-20-18(21)16-12-4-5-13(10-12)17(16)19(22)23/h3-6,9,12-13,16-17H,7-8,10H2,1-2H3,(H,20,21)(H,22,23)/t12-,13-,16-,17+/m0/s1. The number of carboxylic acids is 1. The van der Waals surface area contributed by atoms with Gasteiger partial charge < -0.3 is 19.9 Å². The van der Waals surface area contributed by atoms with Crippen LogP contribution < -0.4 is 14.8 Å². The Hall–Kier alpha value is -2.50. The lowest BCUT2D eigenvalue weighted by atomic mass is 9.82. The molecule has 134 valence electrons. The summed E-state index contributed by atoms with van der Waals surface area (Å²) in [6.07, 6.45) is 5.34. The van der Waals surface area contributed by atoms with Gasteiger partial charge in [-0.3, -0.25) is 9.59 Å². The van der Waals surface area contributed by atoms with Crippen LogP contribution in [0.15, 0.2) is 30.4 Å². The number of benzene rings is 1. The molecular weight excluding hydrogens is 322 g/mol. The molecule has 4 atom stereocenters. The molecular formula is C19H23NO5. The van der Waals surface area contributed by atoms with Crippen molar-refractivity contribution in [2.45, 2.75) is 12.8 Å². The van der Waals surface area contributed by atoms with Crippen molar-refractivity contribution in [3.63, 3.8) is 0 Å². The number of ether oxygens (including phenoxy) is 2. The second kappa shape index (κ2) is 7.17. The summed E-state index contributed by atoms with van der Waals surface area (Å²) < 4.78 is 10.5. The Morgan fingerprint density at radius 2 is 1.80 bits per heavy atom. The van der Waals surface area contributed by atoms with Gasteiger partial charge in [-0.25, -0.2) is 0 Å². The molecule has 1 saturated carbocycles. The van der Waals surface area contributed by atoms with Gasteiger partial charge in [-0.2, -0.15) is 0 Å². The van der Waals surface area contributed by atoms with Crippen molar-refractivity contribution in [3.8, 4) is 11.5 Å². The largest absolute Gasteiger partial charge is 0.493 e. The summed E-state index contributed by atoms with van der Waals surface area (Å²) in [5.74, 6) is -0.754. The van der Waals surface area contributed by atoms with Crippen molar-refractivity contribution in [1.82, 2.24) is 5.32 Å². The number of carbonyl (C=O) groups excluding carboxylic acids is 1. The first-order valence-corrected chi connectivity index (χ1v) is 8.45. The van der Waals surface area contributed by atoms with Crippen LogP contribution in [0.2, 0.25) is 0 Å². The molecule has 1 amide bonds. The number of hydrogen-bond acceptors (Lipinski definition) is 4. The van der Waals surface area contributed by atoms with Crippen molar-refractivity contribution >= 4 is 11.9 Å². The Labute approximate surface area is 146 Å². The third kappa shape index (κ3) is 3.34. The van der Waals surface area contributed by atoms with Crippen LogP contribution >= 0.6 is 0 Å². The first-order chi connectivity index (χ1) is 12.0. The van der Waals surface area contributed by atoms with Crippen LogP contribution in [0, 0.1) is 23.7 Å². The number of allylic oxidation sites excluding steroid dienone is 2. The fraction of sp³-hybridized carbons (Fsp3) is 0.474. The molecule has 2 bridgehead atoms. The minimum atomic E-state index is -0.878. The van der Waals surface area contributed by atoms with E-state index in [2.05, 4.69) is 5.32 Å². The molecule has 0 heterocycles. The molecule has 0 aliphatic heterocycles. The van der Waals surface area contributed by atoms with Crippen molar-refractivity contribution < 1.29 is 24.2 Å². The fourth-order valence-electron chi connectivity index (χ4n) is 4.00. The van der Waals surface area contributed by atoms with Gasteiger partial charge in [0.2, 0.25) is 5.91 Å². The van der Waals surface area contributed by atoms with Gasteiger partial charge >= 0.3 is 5.97 Å². The van der Waals surface area contributed by atoms with Gasteiger partial charge in [0, 0.05) is 6.54 Å². The number of aliphatic carboxylic acids is 1. The molecule has 6 heteroatoms. The lowest BCUT2D eigenvalue weighted by Crippen LogP contribution is -2.40. The average molecular weight is 345 g/mol. The molecule has 0 unspecified atom stereocenters. The SMILES string of the molecule is COc1ccc(CCNC(=O)[C@@H]2[C@H](C(=O)O)[C@H]3C=C[C@H]2C3)cc1OC. The highest BCUT2D eigenvalue weighted by Crippen LogP contribution is 2.48. The minimum absolute atomic E-state index is 0.0101. The zero-order valence-electron chi connectivity index (χ0n) is 14.4. The molecule has 1 aromatic carbocycles. The number of amides is 1. The van der Waals surface area contributed by atoms with E-state index in [0.29, 0.717) is 24.5 Å². The van der Waals surface area contributed by atoms with Gasteiger partial charge in [-0.15, -0.1) is 0 Å². The summed E-state index contributed by atoms with van der Waals surface area (Å²) in [5.41, 5.74) is 1.01. The van der Waals surface area contributed by atoms with Gasteiger partial charge in [0.25, 0.3) is 0 Å². The van der Waals surface area contributed by atoms with E-state index in [1.165, 1.54) is 0 Å². The fourth-order valence-corrected chi connectivity index (χ4v) is 4.00. The Kier molecular flexibility index (Phi) is 4.97. The maximum absolute atomic E-state index is 12.5. The van der Waals surface area contributed by atoms with E-state index in [9.17, 15) is 14.7 Å². The number of carbonyl (C=O) groups is 2. The summed E-state index contributed by atoms with van der Waals surface area (Å²) in [6, 6.07) is 5.64. The predicted molar refractivity (Wildman–Crippen MR) is 91.6 cm³/mol. The predicted octanol–water partition coefficient (Wildman–Crippen LogP) is 1.89. The summed E-state index contributed by atoms with van der Waals surface area (Å²) in [6.45, 7) is 0.457. The van der Waals surface area contributed by atoms with E-state index in [1.807, 2.05) is 30.4 Å². The third-order valence-electron chi connectivity index (χ3n) is 5.21. The van der Waals surface area contributed by atoms with Gasteiger partial charge in [0.15, 0.2) is 11.5 Å². The van der Waals surface area contributed by atoms with Crippen LogP contribution in [0.25, 0.3) is 0 Å². The smallest absolute Gasteiger partial charge is 0.307 e. The van der Waals surface area contributed by atoms with E-state index in [0.717, 1.165) is 12.0 Å². The first-order valence-electron chi connectivity index (χ1n) is 8.45. The molecule has 0 aromatic heterocycles. The topological polar surface area (TPSA) is 84.9 Å². The van der Waals surface area contributed by atoms with Gasteiger partial charge in [0.1, 0.15) is 0 Å². The van der Waals surface area contributed by atoms with E-state index in [4.69, 9.17) is 9.47 Å². The molecule has 0 spiro atoms. The Bertz CT molecular complexity index is 699. The van der Waals surface area contributed by atoms with Crippen molar-refractivity contribution in [3.05, 3.63) is 35.9 Å². The Balaban J connectivity index is 1.58. The lowest BCUT2D eigenvalue weighted by Gasteiger charge is -2.23. The summed E-state index contributed by atoms with van der Waals surface area (Å²) in [5, 5.41) is 12.3. The number of fused-ring (bicyclic) bond motifs is 2. The Morgan fingerprint density at radius 1 is 1.12 bits per heavy atom. The third-order valence-corrected chi connectivity index (χ3v) is 5.21. The van der Waals surface area contributed by atoms with E-state index >= 15 is 0 Å². The minimum Gasteiger partial charge on any atom is -0.493 e. The molecule has 2 aliphatic rings. The maximum Gasteiger partial charge on any atom is 0.307 e. The van der Waals surface area contributed by atoms with E-state index < -0.39 is 17.8 Å². The molecule has 1 aromatic rings. The number of rotatable bonds is 7. The van der Waals surface area contributed by atoms with Crippen LogP contribution in [0.4, 0.5) is 0 Å². The first kappa shape index (κ1) is 17.3. The molecule has 6 nitrogen and oxygen atoms in total. The molecule has 0 saturated heterocycles. The van der Waals surface area contributed by atoms with Gasteiger partial charge in [0.05, 0.1) is 26.1 Å². The van der Waals surface area contributed by atoms with Crippen molar-refractivity contribution in [2.75, 3.05) is 20.8 Å². The molecule has 2 aliphatic carbocycles. The molecule has 2 N–H and O–H groups in total. The van der Waals surface area contributed by atoms with Crippen LogP contribution in [0.3, 0.4) is 0 Å². The highest BCUT2D eigenvalue weighted by molar-refractivity contribution is 5.86. The summed E-state index contributed by atoms with van der Waals surface area (Å²) in [4.78, 5) is 24.0. The van der Waals surface area contributed by atoms with Gasteiger partial charge in [-0.1, -0.05) is 18.2 Å². The van der Waals surface area contributed by atoms with Crippen molar-refractivity contribution in [2.24, 2.45) is 23.7 Å². The van der Waals surface area contributed by atoms with Crippen LogP contribution in [0.5, 0.6) is 11.5 Å². The van der Waals surface area contributed by atoms with Crippen molar-refractivity contribution in [1.29, 1.82) is 0 Å². The highest BCUT2D eigenvalue weighted by atomic mass is 16.5. The van der Waals surface area contributed by atoms with Gasteiger partial charge in [-0.05, 0) is 42.4 Å². The summed E-state index contributed by atoms with van der Waals surface area (Å²) >= 11 is 0. The Morgan fingerprint density at radius 3 is 2.44 bits per heavy atom. The number of methoxy groups -OCH3 is 2. The highest BCUT2D eigenvalue weighted by Gasteiger charge is 2.51. The van der Waals surface area contributed by atoms with Crippen LogP contribution in [-0.4, -0.2) is 37.7 Å². The maximum atomic E-state index is 12.5. The normalized spacial score (nSPS) is 26.5. The monoisotopic (exact) mass is 345 g/mol. The average Bonchev–Trinajstić information content (AvgIpc) is 3.22. The molecule has 0 radical (unpaired) electrons. The zero-order chi connectivity index (χ0) is 18.0. The quantitative estimate of drug-likeness (QED) is 0.737. The summed E-state index contributed by atoms with van der Waals surface area (Å²) in [7, 11) is 3.17. The zero-order valence-corrected chi connectivity index (χ0v) is 14.4. The molecule has 1 fully saturated rings. The van der Waals surface area contributed by atoms with Crippen LogP contribution in [-0.2, 0) is 16.0 Å².